The normalized spacial score (nSPS) is 10.6. The quantitative estimate of drug-likeness (QED) is 0.726. The number of ether oxygens (including phenoxy) is 1. The number of rotatable bonds is 3. The number of hydrogen-bond donors (Lipinski definition) is 2. The lowest BCUT2D eigenvalue weighted by atomic mass is 10.1. The van der Waals surface area contributed by atoms with Crippen LogP contribution in [-0.4, -0.2) is 14.2 Å². The first-order chi connectivity index (χ1) is 10.7. The van der Waals surface area contributed by atoms with Crippen LogP contribution < -0.4 is 21.2 Å². The molecule has 1 heterocycles. The second-order valence-electron chi connectivity index (χ2n) is 4.83. The Morgan fingerprint density at radius 1 is 1.18 bits per heavy atom. The standard InChI is InChI=1S/C17H16N2O3/c1-19-12-6-4-3-5-10(12)15-9-13(20)16-11(18)7-8-14(21-2)17(16)22-15/h3-9,19H,18H2,1-2H3. The van der Waals surface area contributed by atoms with Crippen molar-refractivity contribution < 1.29 is 9.15 Å². The third kappa shape index (κ3) is 2.16. The Balaban J connectivity index is 2.36. The minimum atomic E-state index is -0.196. The van der Waals surface area contributed by atoms with E-state index in [9.17, 15) is 4.79 Å². The van der Waals surface area contributed by atoms with Crippen LogP contribution in [0.15, 0.2) is 51.7 Å². The zero-order valence-electron chi connectivity index (χ0n) is 12.3. The van der Waals surface area contributed by atoms with Gasteiger partial charge >= 0.3 is 0 Å². The van der Waals surface area contributed by atoms with E-state index < -0.39 is 0 Å². The predicted octanol–water partition coefficient (Wildman–Crippen LogP) is 3.09. The molecule has 0 aliphatic heterocycles. The van der Waals surface area contributed by atoms with E-state index in [1.807, 2.05) is 31.3 Å². The predicted molar refractivity (Wildman–Crippen MR) is 88.4 cm³/mol. The molecule has 0 aliphatic rings. The van der Waals surface area contributed by atoms with Crippen molar-refractivity contribution in [3.63, 3.8) is 0 Å². The Morgan fingerprint density at radius 3 is 2.68 bits per heavy atom. The van der Waals surface area contributed by atoms with Gasteiger partial charge in [-0.15, -0.1) is 0 Å². The largest absolute Gasteiger partial charge is 0.493 e. The first-order valence-corrected chi connectivity index (χ1v) is 6.83. The number of nitrogens with two attached hydrogens (primary N) is 1. The summed E-state index contributed by atoms with van der Waals surface area (Å²) in [5, 5.41) is 3.42. The molecule has 0 saturated heterocycles. The van der Waals surface area contributed by atoms with Gasteiger partial charge in [-0.1, -0.05) is 12.1 Å². The Morgan fingerprint density at radius 2 is 1.95 bits per heavy atom. The molecule has 1 aromatic heterocycles. The van der Waals surface area contributed by atoms with Gasteiger partial charge in [0.25, 0.3) is 0 Å². The molecule has 22 heavy (non-hydrogen) atoms. The summed E-state index contributed by atoms with van der Waals surface area (Å²) in [5.74, 6) is 0.941. The molecule has 0 bridgehead atoms. The van der Waals surface area contributed by atoms with Crippen LogP contribution in [0.5, 0.6) is 5.75 Å². The molecule has 3 aromatic rings. The van der Waals surface area contributed by atoms with E-state index in [0.29, 0.717) is 28.2 Å². The molecule has 0 amide bonds. The van der Waals surface area contributed by atoms with Crippen molar-refractivity contribution in [2.24, 2.45) is 0 Å². The first-order valence-electron chi connectivity index (χ1n) is 6.83. The van der Waals surface area contributed by atoms with Crippen LogP contribution in [0.2, 0.25) is 0 Å². The number of anilines is 2. The molecule has 3 N–H and O–H groups in total. The van der Waals surface area contributed by atoms with Crippen LogP contribution in [-0.2, 0) is 0 Å². The van der Waals surface area contributed by atoms with E-state index in [-0.39, 0.29) is 5.43 Å². The van der Waals surface area contributed by atoms with Crippen LogP contribution in [0.1, 0.15) is 0 Å². The van der Waals surface area contributed by atoms with Gasteiger partial charge in [-0.2, -0.15) is 0 Å². The molecule has 5 heteroatoms. The fourth-order valence-electron chi connectivity index (χ4n) is 2.47. The van der Waals surface area contributed by atoms with Crippen molar-refractivity contribution in [1.82, 2.24) is 0 Å². The van der Waals surface area contributed by atoms with Crippen LogP contribution in [0.3, 0.4) is 0 Å². The summed E-state index contributed by atoms with van der Waals surface area (Å²) >= 11 is 0. The fraction of sp³-hybridized carbons (Fsp3) is 0.118. The highest BCUT2D eigenvalue weighted by Gasteiger charge is 2.15. The van der Waals surface area contributed by atoms with Gasteiger partial charge in [0.2, 0.25) is 0 Å². The molecule has 0 saturated carbocycles. The third-order valence-electron chi connectivity index (χ3n) is 3.56. The molecule has 2 aromatic carbocycles. The lowest BCUT2D eigenvalue weighted by Gasteiger charge is -2.11. The van der Waals surface area contributed by atoms with Gasteiger partial charge in [0.05, 0.1) is 12.5 Å². The highest BCUT2D eigenvalue weighted by Crippen LogP contribution is 2.33. The molecule has 0 unspecified atom stereocenters. The van der Waals surface area contributed by atoms with Gasteiger partial charge in [0.1, 0.15) is 5.76 Å². The molecular formula is C17H16N2O3. The summed E-state index contributed by atoms with van der Waals surface area (Å²) in [6.45, 7) is 0. The minimum absolute atomic E-state index is 0.196. The number of benzene rings is 2. The van der Waals surface area contributed by atoms with E-state index in [0.717, 1.165) is 11.3 Å². The van der Waals surface area contributed by atoms with Crippen molar-refractivity contribution in [2.45, 2.75) is 0 Å². The van der Waals surface area contributed by atoms with Gasteiger partial charge < -0.3 is 20.2 Å². The van der Waals surface area contributed by atoms with Crippen LogP contribution in [0.4, 0.5) is 11.4 Å². The lowest BCUT2D eigenvalue weighted by Crippen LogP contribution is -2.05. The number of nitrogen functional groups attached to an aromatic ring is 1. The number of nitrogens with one attached hydrogen (secondary N) is 1. The van der Waals surface area contributed by atoms with Crippen molar-refractivity contribution >= 4 is 22.3 Å². The molecule has 0 spiro atoms. The van der Waals surface area contributed by atoms with Gasteiger partial charge in [-0.05, 0) is 24.3 Å². The fourth-order valence-corrected chi connectivity index (χ4v) is 2.47. The minimum Gasteiger partial charge on any atom is -0.493 e. The van der Waals surface area contributed by atoms with E-state index in [1.165, 1.54) is 13.2 Å². The second kappa shape index (κ2) is 5.44. The third-order valence-corrected chi connectivity index (χ3v) is 3.56. The summed E-state index contributed by atoms with van der Waals surface area (Å²) in [6.07, 6.45) is 0. The molecule has 0 fully saturated rings. The van der Waals surface area contributed by atoms with E-state index in [2.05, 4.69) is 5.32 Å². The van der Waals surface area contributed by atoms with E-state index in [1.54, 1.807) is 12.1 Å². The van der Waals surface area contributed by atoms with Gasteiger partial charge in [-0.25, -0.2) is 0 Å². The maximum atomic E-state index is 12.4. The number of hydrogen-bond acceptors (Lipinski definition) is 5. The first kappa shape index (κ1) is 14.0. The van der Waals surface area contributed by atoms with Gasteiger partial charge in [-0.3, -0.25) is 4.79 Å². The SMILES string of the molecule is CNc1ccccc1-c1cc(=O)c2c(N)ccc(OC)c2o1. The lowest BCUT2D eigenvalue weighted by molar-refractivity contribution is 0.410. The zero-order valence-corrected chi connectivity index (χ0v) is 12.3. The summed E-state index contributed by atoms with van der Waals surface area (Å²) < 4.78 is 11.2. The molecule has 0 radical (unpaired) electrons. The number of fused-ring (bicyclic) bond motifs is 1. The van der Waals surface area contributed by atoms with Crippen LogP contribution >= 0.6 is 0 Å². The summed E-state index contributed by atoms with van der Waals surface area (Å²) in [4.78, 5) is 12.4. The van der Waals surface area contributed by atoms with Crippen LogP contribution in [0, 0.1) is 0 Å². The molecule has 0 aliphatic carbocycles. The van der Waals surface area contributed by atoms with Crippen molar-refractivity contribution in [3.8, 4) is 17.1 Å². The smallest absolute Gasteiger partial charge is 0.195 e. The Hall–Kier alpha value is -2.95. The Bertz CT molecular complexity index is 900. The maximum Gasteiger partial charge on any atom is 0.195 e. The number of methoxy groups -OCH3 is 1. The molecule has 3 rings (SSSR count). The van der Waals surface area contributed by atoms with Crippen LogP contribution in [0.25, 0.3) is 22.3 Å². The highest BCUT2D eigenvalue weighted by molar-refractivity contribution is 5.94. The monoisotopic (exact) mass is 296 g/mol. The topological polar surface area (TPSA) is 77.5 Å². The van der Waals surface area contributed by atoms with E-state index in [4.69, 9.17) is 14.9 Å². The van der Waals surface area contributed by atoms with Crippen molar-refractivity contribution in [1.29, 1.82) is 0 Å². The Labute approximate surface area is 127 Å². The molecule has 5 nitrogen and oxygen atoms in total. The van der Waals surface area contributed by atoms with Gasteiger partial charge in [0, 0.05) is 30.1 Å². The second-order valence-corrected chi connectivity index (χ2v) is 4.83. The summed E-state index contributed by atoms with van der Waals surface area (Å²) in [5.41, 5.74) is 8.10. The van der Waals surface area contributed by atoms with E-state index >= 15 is 0 Å². The summed E-state index contributed by atoms with van der Waals surface area (Å²) in [7, 11) is 3.34. The average Bonchev–Trinajstić information content (AvgIpc) is 2.54. The summed E-state index contributed by atoms with van der Waals surface area (Å²) in [6, 6.07) is 12.4. The molecule has 0 atom stereocenters. The number of para-hydroxylation sites is 1. The molecular weight excluding hydrogens is 280 g/mol. The van der Waals surface area contributed by atoms with Gasteiger partial charge in [0.15, 0.2) is 16.8 Å². The highest BCUT2D eigenvalue weighted by atomic mass is 16.5. The Kier molecular flexibility index (Phi) is 3.47. The van der Waals surface area contributed by atoms with Crippen molar-refractivity contribution in [3.05, 3.63) is 52.7 Å². The average molecular weight is 296 g/mol. The van der Waals surface area contributed by atoms with Crippen molar-refractivity contribution in [2.75, 3.05) is 25.2 Å². The zero-order chi connectivity index (χ0) is 15.7. The molecule has 112 valence electrons. The maximum absolute atomic E-state index is 12.4.